The summed E-state index contributed by atoms with van der Waals surface area (Å²) in [5.74, 6) is -0.248. The third kappa shape index (κ3) is 6.54. The van der Waals surface area contributed by atoms with Crippen LogP contribution in [0, 0.1) is 12.7 Å². The van der Waals surface area contributed by atoms with Crippen LogP contribution in [0.25, 0.3) is 0 Å². The molecule has 0 bridgehead atoms. The fourth-order valence-electron chi connectivity index (χ4n) is 4.04. The van der Waals surface area contributed by atoms with Crippen molar-refractivity contribution >= 4 is 0 Å². The fraction of sp³-hybridized carbons (Fsp3) is 0.478. The molecule has 1 saturated heterocycles. The highest BCUT2D eigenvalue weighted by atomic mass is 19.4. The summed E-state index contributed by atoms with van der Waals surface area (Å²) in [5, 5.41) is 3.37. The van der Waals surface area contributed by atoms with Gasteiger partial charge in [-0.25, -0.2) is 4.39 Å². The second-order valence-electron chi connectivity index (χ2n) is 7.89. The van der Waals surface area contributed by atoms with E-state index in [1.807, 2.05) is 6.07 Å². The van der Waals surface area contributed by atoms with Crippen LogP contribution in [0.15, 0.2) is 42.5 Å². The molecule has 2 nitrogen and oxygen atoms in total. The normalized spacial score (nSPS) is 15.8. The highest BCUT2D eigenvalue weighted by Crippen LogP contribution is 2.31. The zero-order valence-corrected chi connectivity index (χ0v) is 16.7. The van der Waals surface area contributed by atoms with Crippen molar-refractivity contribution in [2.75, 3.05) is 19.6 Å². The first kappa shape index (κ1) is 21.8. The molecular formula is C23H28F4N2. The molecule has 1 heterocycles. The predicted molar refractivity (Wildman–Crippen MR) is 107 cm³/mol. The maximum absolute atomic E-state index is 13.2. The van der Waals surface area contributed by atoms with Crippen molar-refractivity contribution in [3.05, 3.63) is 70.5 Å². The molecule has 0 aromatic heterocycles. The highest BCUT2D eigenvalue weighted by Gasteiger charge is 2.30. The number of halogens is 4. The Hall–Kier alpha value is -1.92. The minimum absolute atomic E-state index is 0.248. The second-order valence-corrected chi connectivity index (χ2v) is 7.89. The molecule has 29 heavy (non-hydrogen) atoms. The quantitative estimate of drug-likeness (QED) is 0.622. The minimum Gasteiger partial charge on any atom is -0.317 e. The van der Waals surface area contributed by atoms with Crippen molar-refractivity contribution in [2.45, 2.75) is 51.4 Å². The zero-order chi connectivity index (χ0) is 20.9. The van der Waals surface area contributed by atoms with E-state index in [2.05, 4.69) is 10.2 Å². The van der Waals surface area contributed by atoms with Crippen LogP contribution in [-0.2, 0) is 19.1 Å². The molecule has 6 heteroatoms. The third-order valence-electron chi connectivity index (χ3n) is 5.50. The average Bonchev–Trinajstić information content (AvgIpc) is 2.68. The molecule has 2 aromatic carbocycles. The summed E-state index contributed by atoms with van der Waals surface area (Å²) < 4.78 is 52.4. The summed E-state index contributed by atoms with van der Waals surface area (Å²) in [7, 11) is 0. The minimum atomic E-state index is -4.31. The number of alkyl halides is 3. The van der Waals surface area contributed by atoms with Crippen molar-refractivity contribution in [3.8, 4) is 0 Å². The number of nitrogens with one attached hydrogen (secondary N) is 1. The Morgan fingerprint density at radius 2 is 1.69 bits per heavy atom. The van der Waals surface area contributed by atoms with E-state index < -0.39 is 11.7 Å². The van der Waals surface area contributed by atoms with Gasteiger partial charge in [0, 0.05) is 12.6 Å². The SMILES string of the molecule is Cc1cc(CCCN(Cc2ccc(F)cc2)C2CCNCC2)cc(C(F)(F)F)c1. The summed E-state index contributed by atoms with van der Waals surface area (Å²) in [4.78, 5) is 2.40. The van der Waals surface area contributed by atoms with Crippen LogP contribution in [-0.4, -0.2) is 30.6 Å². The van der Waals surface area contributed by atoms with E-state index in [-0.39, 0.29) is 5.82 Å². The molecule has 1 aliphatic heterocycles. The van der Waals surface area contributed by atoms with E-state index in [0.29, 0.717) is 18.0 Å². The lowest BCUT2D eigenvalue weighted by atomic mass is 10.0. The van der Waals surface area contributed by atoms with Crippen molar-refractivity contribution in [2.24, 2.45) is 0 Å². The molecule has 0 radical (unpaired) electrons. The van der Waals surface area contributed by atoms with Gasteiger partial charge in [0.1, 0.15) is 5.82 Å². The Kier molecular flexibility index (Phi) is 7.30. The summed E-state index contributed by atoms with van der Waals surface area (Å²) in [6, 6.07) is 11.3. The topological polar surface area (TPSA) is 15.3 Å². The number of rotatable bonds is 7. The van der Waals surface area contributed by atoms with E-state index >= 15 is 0 Å². The lowest BCUT2D eigenvalue weighted by Crippen LogP contribution is -2.43. The summed E-state index contributed by atoms with van der Waals surface area (Å²) in [5.41, 5.74) is 1.84. The number of benzene rings is 2. The fourth-order valence-corrected chi connectivity index (χ4v) is 4.04. The van der Waals surface area contributed by atoms with Crippen LogP contribution in [0.2, 0.25) is 0 Å². The van der Waals surface area contributed by atoms with Crippen LogP contribution in [0.1, 0.15) is 41.5 Å². The smallest absolute Gasteiger partial charge is 0.317 e. The largest absolute Gasteiger partial charge is 0.416 e. The van der Waals surface area contributed by atoms with Gasteiger partial charge in [-0.1, -0.05) is 23.8 Å². The Bertz CT molecular complexity index is 780. The van der Waals surface area contributed by atoms with E-state index in [9.17, 15) is 17.6 Å². The molecule has 0 unspecified atom stereocenters. The number of hydrogen-bond donors (Lipinski definition) is 1. The lowest BCUT2D eigenvalue weighted by Gasteiger charge is -2.35. The van der Waals surface area contributed by atoms with E-state index in [1.165, 1.54) is 24.3 Å². The van der Waals surface area contributed by atoms with Crippen molar-refractivity contribution in [3.63, 3.8) is 0 Å². The summed E-state index contributed by atoms with van der Waals surface area (Å²) in [6.45, 7) is 5.17. The van der Waals surface area contributed by atoms with Crippen molar-refractivity contribution in [1.29, 1.82) is 0 Å². The summed E-state index contributed by atoms with van der Waals surface area (Å²) in [6.07, 6.45) is -0.834. The van der Waals surface area contributed by atoms with Gasteiger partial charge in [-0.2, -0.15) is 13.2 Å². The monoisotopic (exact) mass is 408 g/mol. The van der Waals surface area contributed by atoms with Crippen LogP contribution < -0.4 is 5.32 Å². The Balaban J connectivity index is 1.65. The van der Waals surface area contributed by atoms with Gasteiger partial charge in [0.05, 0.1) is 5.56 Å². The van der Waals surface area contributed by atoms with Crippen LogP contribution in [0.3, 0.4) is 0 Å². The molecule has 3 rings (SSSR count). The molecule has 1 N–H and O–H groups in total. The molecule has 2 aromatic rings. The Labute approximate surface area is 169 Å². The standard InChI is InChI=1S/C23H28F4N2/c1-17-13-19(15-20(14-17)23(25,26)27)3-2-12-29(22-8-10-28-11-9-22)16-18-4-6-21(24)7-5-18/h4-7,13-15,22,28H,2-3,8-12,16H2,1H3. The van der Waals surface area contributed by atoms with Crippen molar-refractivity contribution < 1.29 is 17.6 Å². The van der Waals surface area contributed by atoms with Crippen LogP contribution in [0.4, 0.5) is 17.6 Å². The molecular weight excluding hydrogens is 380 g/mol. The third-order valence-corrected chi connectivity index (χ3v) is 5.50. The first-order valence-electron chi connectivity index (χ1n) is 10.2. The highest BCUT2D eigenvalue weighted by molar-refractivity contribution is 5.31. The first-order chi connectivity index (χ1) is 13.8. The Morgan fingerprint density at radius 1 is 1.00 bits per heavy atom. The average molecular weight is 408 g/mol. The van der Waals surface area contributed by atoms with Gasteiger partial charge in [0.15, 0.2) is 0 Å². The van der Waals surface area contributed by atoms with Gasteiger partial charge in [-0.3, -0.25) is 4.90 Å². The predicted octanol–water partition coefficient (Wildman–Crippen LogP) is 5.34. The molecule has 1 aliphatic rings. The zero-order valence-electron chi connectivity index (χ0n) is 16.7. The summed E-state index contributed by atoms with van der Waals surface area (Å²) >= 11 is 0. The van der Waals surface area contributed by atoms with Gasteiger partial charge in [0.25, 0.3) is 0 Å². The lowest BCUT2D eigenvalue weighted by molar-refractivity contribution is -0.137. The number of aryl methyl sites for hydroxylation is 2. The van der Waals surface area contributed by atoms with Gasteiger partial charge in [-0.05, 0) is 87.6 Å². The van der Waals surface area contributed by atoms with Crippen LogP contribution in [0.5, 0.6) is 0 Å². The van der Waals surface area contributed by atoms with Gasteiger partial charge < -0.3 is 5.32 Å². The van der Waals surface area contributed by atoms with E-state index in [4.69, 9.17) is 0 Å². The number of hydrogen-bond acceptors (Lipinski definition) is 2. The molecule has 0 aliphatic carbocycles. The van der Waals surface area contributed by atoms with Crippen molar-refractivity contribution in [1.82, 2.24) is 10.2 Å². The van der Waals surface area contributed by atoms with E-state index in [0.717, 1.165) is 56.6 Å². The molecule has 0 spiro atoms. The number of nitrogens with zero attached hydrogens (tertiary/aromatic N) is 1. The second kappa shape index (κ2) is 9.72. The number of piperidine rings is 1. The van der Waals surface area contributed by atoms with Gasteiger partial charge in [0.2, 0.25) is 0 Å². The van der Waals surface area contributed by atoms with Crippen LogP contribution >= 0.6 is 0 Å². The first-order valence-corrected chi connectivity index (χ1v) is 10.2. The molecule has 0 saturated carbocycles. The molecule has 0 atom stereocenters. The molecule has 1 fully saturated rings. The van der Waals surface area contributed by atoms with Gasteiger partial charge >= 0.3 is 6.18 Å². The maximum atomic E-state index is 13.2. The van der Waals surface area contributed by atoms with E-state index in [1.54, 1.807) is 19.1 Å². The Morgan fingerprint density at radius 3 is 2.34 bits per heavy atom. The maximum Gasteiger partial charge on any atom is 0.416 e. The van der Waals surface area contributed by atoms with Gasteiger partial charge in [-0.15, -0.1) is 0 Å². The molecule has 158 valence electrons. The molecule has 0 amide bonds.